The van der Waals surface area contributed by atoms with Crippen LogP contribution in [0.1, 0.15) is 17.9 Å². The molecule has 0 amide bonds. The third-order valence-electron chi connectivity index (χ3n) is 4.65. The van der Waals surface area contributed by atoms with Gasteiger partial charge in [0.25, 0.3) is 0 Å². The first-order valence-corrected chi connectivity index (χ1v) is 9.86. The van der Waals surface area contributed by atoms with Crippen molar-refractivity contribution in [3.8, 4) is 0 Å². The van der Waals surface area contributed by atoms with Crippen LogP contribution in [0.25, 0.3) is 0 Å². The average molecular weight is 406 g/mol. The lowest BCUT2D eigenvalue weighted by Gasteiger charge is -2.35. The Hall–Kier alpha value is -1.60. The normalized spacial score (nSPS) is 24.3. The van der Waals surface area contributed by atoms with Gasteiger partial charge in [-0.1, -0.05) is 28.1 Å². The predicted molar refractivity (Wildman–Crippen MR) is 103 cm³/mol. The van der Waals surface area contributed by atoms with Crippen LogP contribution in [0.15, 0.2) is 45.3 Å². The molecule has 2 atom stereocenters. The Morgan fingerprint density at radius 2 is 1.96 bits per heavy atom. The summed E-state index contributed by atoms with van der Waals surface area (Å²) < 4.78 is 1.12. The fraction of sp³-hybridized carbons (Fsp3) is 0.412. The maximum absolute atomic E-state index is 6.25. The minimum Gasteiger partial charge on any atom is -0.370 e. The molecule has 1 saturated heterocycles. The van der Waals surface area contributed by atoms with Crippen LogP contribution in [-0.4, -0.2) is 48.1 Å². The lowest BCUT2D eigenvalue weighted by Crippen LogP contribution is -2.51. The summed E-state index contributed by atoms with van der Waals surface area (Å²) >= 11 is 5.17. The van der Waals surface area contributed by atoms with E-state index in [1.807, 2.05) is 11.6 Å². The average Bonchev–Trinajstić information content (AvgIpc) is 3.15. The molecule has 1 saturated carbocycles. The molecule has 1 aliphatic heterocycles. The van der Waals surface area contributed by atoms with Crippen molar-refractivity contribution in [3.05, 3.63) is 45.9 Å². The van der Waals surface area contributed by atoms with Gasteiger partial charge in [-0.2, -0.15) is 0 Å². The standard InChI is InChI=1S/C17H20BrN5S/c18-13-3-1-12(2-4-13)14-11-15(14)21-16(19)22-6-8-23(9-7-22)17-20-5-10-24-17/h1-5,10,14-15H,6-9,11H2,(H2,19,21). The van der Waals surface area contributed by atoms with E-state index in [4.69, 9.17) is 10.7 Å². The van der Waals surface area contributed by atoms with Gasteiger partial charge in [0.15, 0.2) is 11.1 Å². The van der Waals surface area contributed by atoms with Crippen LogP contribution in [-0.2, 0) is 0 Å². The number of guanidine groups is 1. The lowest BCUT2D eigenvalue weighted by molar-refractivity contribution is 0.380. The largest absolute Gasteiger partial charge is 0.370 e. The molecule has 1 aromatic carbocycles. The molecule has 1 aromatic heterocycles. The minimum absolute atomic E-state index is 0.336. The van der Waals surface area contributed by atoms with E-state index in [1.54, 1.807) is 11.3 Å². The summed E-state index contributed by atoms with van der Waals surface area (Å²) in [5.74, 6) is 1.21. The van der Waals surface area contributed by atoms with Crippen molar-refractivity contribution >= 4 is 38.4 Å². The number of piperazine rings is 1. The van der Waals surface area contributed by atoms with Gasteiger partial charge in [-0.3, -0.25) is 0 Å². The summed E-state index contributed by atoms with van der Waals surface area (Å²) in [6.45, 7) is 3.71. The zero-order valence-corrected chi connectivity index (χ0v) is 15.7. The number of thiazole rings is 1. The molecule has 2 unspecified atom stereocenters. The zero-order valence-electron chi connectivity index (χ0n) is 13.3. The maximum Gasteiger partial charge on any atom is 0.191 e. The van der Waals surface area contributed by atoms with E-state index in [2.05, 4.69) is 55.0 Å². The second-order valence-corrected chi connectivity index (χ2v) is 8.03. The van der Waals surface area contributed by atoms with Crippen LogP contribution in [0.5, 0.6) is 0 Å². The molecule has 2 aliphatic rings. The van der Waals surface area contributed by atoms with Gasteiger partial charge in [0.2, 0.25) is 0 Å². The van der Waals surface area contributed by atoms with E-state index in [0.29, 0.717) is 17.9 Å². The molecule has 126 valence electrons. The number of nitrogens with zero attached hydrogens (tertiary/aromatic N) is 4. The van der Waals surface area contributed by atoms with Gasteiger partial charge in [0.1, 0.15) is 0 Å². The number of aromatic nitrogens is 1. The van der Waals surface area contributed by atoms with Gasteiger partial charge in [-0.15, -0.1) is 11.3 Å². The van der Waals surface area contributed by atoms with E-state index >= 15 is 0 Å². The highest BCUT2D eigenvalue weighted by atomic mass is 79.9. The molecule has 0 radical (unpaired) electrons. The molecule has 5 nitrogen and oxygen atoms in total. The molecular weight excluding hydrogens is 386 g/mol. The molecule has 2 heterocycles. The van der Waals surface area contributed by atoms with Gasteiger partial charge >= 0.3 is 0 Å². The van der Waals surface area contributed by atoms with Crippen molar-refractivity contribution in [2.45, 2.75) is 18.4 Å². The number of benzene rings is 1. The molecule has 1 aliphatic carbocycles. The van der Waals surface area contributed by atoms with Gasteiger partial charge < -0.3 is 15.5 Å². The highest BCUT2D eigenvalue weighted by Gasteiger charge is 2.39. The summed E-state index contributed by atoms with van der Waals surface area (Å²) in [6, 6.07) is 8.87. The number of rotatable bonds is 3. The van der Waals surface area contributed by atoms with E-state index in [0.717, 1.165) is 42.2 Å². The second kappa shape index (κ2) is 6.72. The predicted octanol–water partition coefficient (Wildman–Crippen LogP) is 2.90. The Kier molecular flexibility index (Phi) is 4.45. The minimum atomic E-state index is 0.336. The summed E-state index contributed by atoms with van der Waals surface area (Å²) in [6.07, 6.45) is 2.96. The third-order valence-corrected chi connectivity index (χ3v) is 6.01. The molecule has 7 heteroatoms. The fourth-order valence-corrected chi connectivity index (χ4v) is 4.10. The summed E-state index contributed by atoms with van der Waals surface area (Å²) in [4.78, 5) is 13.6. The number of hydrogen-bond donors (Lipinski definition) is 1. The molecular formula is C17H20BrN5S. The van der Waals surface area contributed by atoms with Gasteiger partial charge in [-0.05, 0) is 24.1 Å². The topological polar surface area (TPSA) is 57.8 Å². The number of aliphatic imine (C=N–C) groups is 1. The van der Waals surface area contributed by atoms with Crippen LogP contribution in [0, 0.1) is 0 Å². The molecule has 0 bridgehead atoms. The zero-order chi connectivity index (χ0) is 16.5. The molecule has 2 fully saturated rings. The number of hydrogen-bond acceptors (Lipinski definition) is 4. The van der Waals surface area contributed by atoms with Crippen molar-refractivity contribution in [3.63, 3.8) is 0 Å². The molecule has 2 N–H and O–H groups in total. The third kappa shape index (κ3) is 3.42. The first kappa shape index (κ1) is 15.9. The van der Waals surface area contributed by atoms with E-state index in [9.17, 15) is 0 Å². The lowest BCUT2D eigenvalue weighted by atomic mass is 10.1. The molecule has 0 spiro atoms. The Balaban J connectivity index is 1.33. The molecule has 4 rings (SSSR count). The van der Waals surface area contributed by atoms with Crippen molar-refractivity contribution in [1.29, 1.82) is 0 Å². The van der Waals surface area contributed by atoms with Crippen LogP contribution in [0.3, 0.4) is 0 Å². The van der Waals surface area contributed by atoms with Crippen molar-refractivity contribution in [2.75, 3.05) is 31.1 Å². The second-order valence-electron chi connectivity index (χ2n) is 6.24. The van der Waals surface area contributed by atoms with E-state index in [1.165, 1.54) is 5.56 Å². The van der Waals surface area contributed by atoms with Crippen LogP contribution < -0.4 is 10.6 Å². The Bertz CT molecular complexity index is 707. The number of nitrogens with two attached hydrogens (primary N) is 1. The van der Waals surface area contributed by atoms with Gasteiger partial charge in [0.05, 0.1) is 6.04 Å². The van der Waals surface area contributed by atoms with Crippen LogP contribution >= 0.6 is 27.3 Å². The number of halogens is 1. The van der Waals surface area contributed by atoms with Gasteiger partial charge in [-0.25, -0.2) is 9.98 Å². The summed E-state index contributed by atoms with van der Waals surface area (Å²) in [5.41, 5.74) is 7.61. The fourth-order valence-electron chi connectivity index (χ4n) is 3.14. The van der Waals surface area contributed by atoms with Crippen molar-refractivity contribution in [2.24, 2.45) is 10.7 Å². The quantitative estimate of drug-likeness (QED) is 0.629. The first-order chi connectivity index (χ1) is 11.7. The highest BCUT2D eigenvalue weighted by molar-refractivity contribution is 9.10. The Labute approximate surface area is 154 Å². The first-order valence-electron chi connectivity index (χ1n) is 8.19. The maximum atomic E-state index is 6.25. The monoisotopic (exact) mass is 405 g/mol. The highest BCUT2D eigenvalue weighted by Crippen LogP contribution is 2.43. The molecule has 2 aromatic rings. The summed E-state index contributed by atoms with van der Waals surface area (Å²) in [5, 5.41) is 3.12. The Morgan fingerprint density at radius 3 is 2.62 bits per heavy atom. The summed E-state index contributed by atoms with van der Waals surface area (Å²) in [7, 11) is 0. The van der Waals surface area contributed by atoms with E-state index in [-0.39, 0.29) is 0 Å². The SMILES string of the molecule is NC(=NC1CC1c1ccc(Br)cc1)N1CCN(c2nccs2)CC1. The Morgan fingerprint density at radius 1 is 1.21 bits per heavy atom. The number of anilines is 1. The van der Waals surface area contributed by atoms with E-state index < -0.39 is 0 Å². The van der Waals surface area contributed by atoms with Gasteiger partial charge in [0, 0.05) is 48.1 Å². The smallest absolute Gasteiger partial charge is 0.191 e. The van der Waals surface area contributed by atoms with Crippen LogP contribution in [0.2, 0.25) is 0 Å². The molecule has 24 heavy (non-hydrogen) atoms. The van der Waals surface area contributed by atoms with Crippen molar-refractivity contribution in [1.82, 2.24) is 9.88 Å². The van der Waals surface area contributed by atoms with Crippen LogP contribution in [0.4, 0.5) is 5.13 Å². The van der Waals surface area contributed by atoms with Crippen molar-refractivity contribution < 1.29 is 0 Å².